The van der Waals surface area contributed by atoms with Crippen LogP contribution in [0.2, 0.25) is 0 Å². The second-order valence-electron chi connectivity index (χ2n) is 5.56. The van der Waals surface area contributed by atoms with Crippen LogP contribution in [0.5, 0.6) is 0 Å². The summed E-state index contributed by atoms with van der Waals surface area (Å²) in [5.74, 6) is -0.678. The van der Waals surface area contributed by atoms with Crippen LogP contribution < -0.4 is 4.72 Å². The number of aromatic nitrogens is 2. The summed E-state index contributed by atoms with van der Waals surface area (Å²) >= 11 is 0. The van der Waals surface area contributed by atoms with E-state index in [1.54, 1.807) is 38.1 Å². The second-order valence-corrected chi connectivity index (χ2v) is 7.21. The summed E-state index contributed by atoms with van der Waals surface area (Å²) < 4.78 is 33.5. The molecule has 8 nitrogen and oxygen atoms in total. The molecule has 1 aromatic heterocycles. The molecule has 0 saturated heterocycles. The zero-order valence-electron chi connectivity index (χ0n) is 13.9. The highest BCUT2D eigenvalue weighted by atomic mass is 32.2. The van der Waals surface area contributed by atoms with Gasteiger partial charge in [0.2, 0.25) is 11.8 Å². The van der Waals surface area contributed by atoms with Crippen molar-refractivity contribution in [3.8, 4) is 11.5 Å². The molecule has 0 aliphatic rings. The SMILES string of the molecule is Cc1nnc(-c2ccccc2NS(=O)(=O)c2cc(C(=O)O)ccc2C)o1. The van der Waals surface area contributed by atoms with E-state index in [1.807, 2.05) is 0 Å². The number of hydrogen-bond donors (Lipinski definition) is 2. The van der Waals surface area contributed by atoms with Crippen LogP contribution in [-0.4, -0.2) is 29.7 Å². The van der Waals surface area contributed by atoms with Crippen LogP contribution >= 0.6 is 0 Å². The number of carboxylic acids is 1. The first kappa shape index (κ1) is 17.6. The number of nitrogens with zero attached hydrogens (tertiary/aromatic N) is 2. The molecule has 2 N–H and O–H groups in total. The van der Waals surface area contributed by atoms with Crippen LogP contribution in [0, 0.1) is 13.8 Å². The van der Waals surface area contributed by atoms with Crippen molar-refractivity contribution in [1.82, 2.24) is 10.2 Å². The third-order valence-electron chi connectivity index (χ3n) is 3.65. The Morgan fingerprint density at radius 3 is 2.50 bits per heavy atom. The fourth-order valence-electron chi connectivity index (χ4n) is 2.39. The number of carbonyl (C=O) groups is 1. The number of nitrogens with one attached hydrogen (secondary N) is 1. The minimum Gasteiger partial charge on any atom is -0.478 e. The molecule has 0 unspecified atom stereocenters. The number of aryl methyl sites for hydroxylation is 2. The molecule has 2 aromatic carbocycles. The van der Waals surface area contributed by atoms with Gasteiger partial charge in [0.15, 0.2) is 0 Å². The van der Waals surface area contributed by atoms with Crippen LogP contribution in [0.3, 0.4) is 0 Å². The summed E-state index contributed by atoms with van der Waals surface area (Å²) in [6.07, 6.45) is 0. The van der Waals surface area contributed by atoms with Gasteiger partial charge in [-0.1, -0.05) is 18.2 Å². The van der Waals surface area contributed by atoms with E-state index in [0.717, 1.165) is 6.07 Å². The van der Waals surface area contributed by atoms with Crippen LogP contribution in [0.1, 0.15) is 21.8 Å². The van der Waals surface area contributed by atoms with E-state index in [2.05, 4.69) is 14.9 Å². The summed E-state index contributed by atoms with van der Waals surface area (Å²) in [5.41, 5.74) is 0.977. The van der Waals surface area contributed by atoms with E-state index in [1.165, 1.54) is 12.1 Å². The lowest BCUT2D eigenvalue weighted by Gasteiger charge is -2.13. The van der Waals surface area contributed by atoms with Gasteiger partial charge in [-0.2, -0.15) is 0 Å². The average Bonchev–Trinajstić information content (AvgIpc) is 3.01. The van der Waals surface area contributed by atoms with E-state index in [-0.39, 0.29) is 22.0 Å². The largest absolute Gasteiger partial charge is 0.478 e. The van der Waals surface area contributed by atoms with Crippen molar-refractivity contribution in [3.63, 3.8) is 0 Å². The van der Waals surface area contributed by atoms with Gasteiger partial charge >= 0.3 is 5.97 Å². The first-order chi connectivity index (χ1) is 12.3. The standard InChI is InChI=1S/C17H15N3O5S/c1-10-7-8-12(17(21)22)9-15(10)26(23,24)20-14-6-4-3-5-13(14)16-19-18-11(2)25-16/h3-9,20H,1-2H3,(H,21,22). The van der Waals surface area contributed by atoms with Crippen molar-refractivity contribution in [2.45, 2.75) is 18.7 Å². The molecule has 134 valence electrons. The third-order valence-corrected chi connectivity index (χ3v) is 5.16. The lowest BCUT2D eigenvalue weighted by molar-refractivity contribution is 0.0696. The number of anilines is 1. The molecule has 26 heavy (non-hydrogen) atoms. The van der Waals surface area contributed by atoms with E-state index >= 15 is 0 Å². The number of para-hydroxylation sites is 1. The number of carboxylic acid groups (broad SMARTS) is 1. The molecule has 0 saturated carbocycles. The maximum Gasteiger partial charge on any atom is 0.335 e. The molecular weight excluding hydrogens is 358 g/mol. The molecule has 0 atom stereocenters. The second kappa shape index (κ2) is 6.60. The average molecular weight is 373 g/mol. The molecule has 0 radical (unpaired) electrons. The number of sulfonamides is 1. The molecule has 0 spiro atoms. The van der Waals surface area contributed by atoms with Crippen molar-refractivity contribution in [2.24, 2.45) is 0 Å². The Morgan fingerprint density at radius 1 is 1.12 bits per heavy atom. The summed E-state index contributed by atoms with van der Waals surface area (Å²) in [6, 6.07) is 10.5. The monoisotopic (exact) mass is 373 g/mol. The predicted molar refractivity (Wildman–Crippen MR) is 93.4 cm³/mol. The predicted octanol–water partition coefficient (Wildman–Crippen LogP) is 2.85. The molecule has 1 heterocycles. The quantitative estimate of drug-likeness (QED) is 0.705. The number of rotatable bonds is 5. The Morgan fingerprint density at radius 2 is 1.85 bits per heavy atom. The van der Waals surface area contributed by atoms with Gasteiger partial charge in [0.05, 0.1) is 21.7 Å². The molecule has 0 fully saturated rings. The normalized spacial score (nSPS) is 11.3. The summed E-state index contributed by atoms with van der Waals surface area (Å²) in [5, 5.41) is 16.8. The van der Waals surface area contributed by atoms with Crippen LogP contribution in [0.15, 0.2) is 51.8 Å². The number of hydrogen-bond acceptors (Lipinski definition) is 6. The zero-order chi connectivity index (χ0) is 18.9. The Bertz CT molecular complexity index is 1090. The highest BCUT2D eigenvalue weighted by Crippen LogP contribution is 2.29. The number of benzene rings is 2. The molecule has 0 aliphatic carbocycles. The molecule has 0 bridgehead atoms. The summed E-state index contributed by atoms with van der Waals surface area (Å²) in [7, 11) is -4.03. The van der Waals surface area contributed by atoms with E-state index in [0.29, 0.717) is 17.0 Å². The van der Waals surface area contributed by atoms with Crippen LogP contribution in [0.25, 0.3) is 11.5 Å². The minimum atomic E-state index is -4.03. The maximum atomic E-state index is 12.8. The van der Waals surface area contributed by atoms with Crippen LogP contribution in [-0.2, 0) is 10.0 Å². The van der Waals surface area contributed by atoms with Gasteiger partial charge in [0.25, 0.3) is 10.0 Å². The van der Waals surface area contributed by atoms with Crippen molar-refractivity contribution in [1.29, 1.82) is 0 Å². The molecule has 9 heteroatoms. The molecule has 0 aliphatic heterocycles. The third kappa shape index (κ3) is 3.42. The summed E-state index contributed by atoms with van der Waals surface area (Å²) in [4.78, 5) is 11.0. The van der Waals surface area contributed by atoms with Gasteiger partial charge in [-0.25, -0.2) is 13.2 Å². The Balaban J connectivity index is 2.04. The van der Waals surface area contributed by atoms with Gasteiger partial charge in [0, 0.05) is 6.92 Å². The van der Waals surface area contributed by atoms with E-state index < -0.39 is 16.0 Å². The number of aromatic carboxylic acids is 1. The Labute approximate surface area is 149 Å². The van der Waals surface area contributed by atoms with Gasteiger partial charge in [0.1, 0.15) is 0 Å². The van der Waals surface area contributed by atoms with E-state index in [9.17, 15) is 13.2 Å². The minimum absolute atomic E-state index is 0.114. The maximum absolute atomic E-state index is 12.8. The van der Waals surface area contributed by atoms with Gasteiger partial charge in [-0.15, -0.1) is 10.2 Å². The van der Waals surface area contributed by atoms with Gasteiger partial charge in [-0.05, 0) is 36.8 Å². The Kier molecular flexibility index (Phi) is 4.47. The zero-order valence-corrected chi connectivity index (χ0v) is 14.7. The molecule has 0 amide bonds. The smallest absolute Gasteiger partial charge is 0.335 e. The Hall–Kier alpha value is -3.20. The lowest BCUT2D eigenvalue weighted by atomic mass is 10.1. The molecule has 3 rings (SSSR count). The van der Waals surface area contributed by atoms with Crippen molar-refractivity contribution < 1.29 is 22.7 Å². The van der Waals surface area contributed by atoms with Crippen molar-refractivity contribution in [2.75, 3.05) is 4.72 Å². The van der Waals surface area contributed by atoms with Gasteiger partial charge < -0.3 is 9.52 Å². The first-order valence-corrected chi connectivity index (χ1v) is 9.02. The highest BCUT2D eigenvalue weighted by molar-refractivity contribution is 7.92. The van der Waals surface area contributed by atoms with Gasteiger partial charge in [-0.3, -0.25) is 4.72 Å². The highest BCUT2D eigenvalue weighted by Gasteiger charge is 2.21. The van der Waals surface area contributed by atoms with E-state index in [4.69, 9.17) is 9.52 Å². The lowest BCUT2D eigenvalue weighted by Crippen LogP contribution is -2.15. The fourth-order valence-corrected chi connectivity index (χ4v) is 3.74. The molecular formula is C17H15N3O5S. The molecule has 3 aromatic rings. The van der Waals surface area contributed by atoms with Crippen molar-refractivity contribution in [3.05, 3.63) is 59.5 Å². The van der Waals surface area contributed by atoms with Crippen LogP contribution in [0.4, 0.5) is 5.69 Å². The van der Waals surface area contributed by atoms with Crippen molar-refractivity contribution >= 4 is 21.7 Å². The topological polar surface area (TPSA) is 122 Å². The summed E-state index contributed by atoms with van der Waals surface area (Å²) in [6.45, 7) is 3.22. The first-order valence-electron chi connectivity index (χ1n) is 7.54. The fraction of sp³-hybridized carbons (Fsp3) is 0.118.